The number of hydrogen-bond acceptors (Lipinski definition) is 3. The first kappa shape index (κ1) is 13.6. The Morgan fingerprint density at radius 3 is 2.56 bits per heavy atom. The van der Waals surface area contributed by atoms with Gasteiger partial charge in [0.1, 0.15) is 4.75 Å². The topological polar surface area (TPSA) is 55.1 Å². The van der Waals surface area contributed by atoms with Crippen LogP contribution < -0.4 is 0 Å². The van der Waals surface area contributed by atoms with Gasteiger partial charge in [-0.2, -0.15) is 5.10 Å². The van der Waals surface area contributed by atoms with Crippen molar-refractivity contribution in [1.29, 1.82) is 0 Å². The third-order valence-corrected chi connectivity index (χ3v) is 4.69. The fourth-order valence-corrected chi connectivity index (χ4v) is 2.76. The minimum Gasteiger partial charge on any atom is -0.480 e. The van der Waals surface area contributed by atoms with E-state index < -0.39 is 10.7 Å². The molecule has 0 aliphatic rings. The highest BCUT2D eigenvalue weighted by Gasteiger charge is 2.28. The Labute approximate surface area is 108 Å². The molecule has 0 saturated carbocycles. The van der Waals surface area contributed by atoms with Crippen molar-refractivity contribution in [1.82, 2.24) is 9.78 Å². The molecule has 1 heterocycles. The van der Waals surface area contributed by atoms with Crippen LogP contribution >= 0.6 is 27.7 Å². The zero-order valence-corrected chi connectivity index (χ0v) is 12.1. The number of nitrogens with zero attached hydrogens (tertiary/aromatic N) is 2. The van der Waals surface area contributed by atoms with Gasteiger partial charge in [0.2, 0.25) is 0 Å². The van der Waals surface area contributed by atoms with E-state index in [4.69, 9.17) is 5.11 Å². The summed E-state index contributed by atoms with van der Waals surface area (Å²) in [5, 5.41) is 13.3. The molecular formula is C10H15BrN2O2S. The van der Waals surface area contributed by atoms with Crippen molar-refractivity contribution in [2.75, 3.05) is 0 Å². The Kier molecular flexibility index (Phi) is 4.07. The Hall–Kier alpha value is -0.490. The number of hydrogen-bond donors (Lipinski definition) is 1. The van der Waals surface area contributed by atoms with E-state index in [-0.39, 0.29) is 0 Å². The third-order valence-electron chi connectivity index (χ3n) is 2.35. The highest BCUT2D eigenvalue weighted by molar-refractivity contribution is 9.10. The van der Waals surface area contributed by atoms with Crippen molar-refractivity contribution in [3.63, 3.8) is 0 Å². The molecule has 0 aliphatic heterocycles. The lowest BCUT2D eigenvalue weighted by molar-refractivity contribution is -0.138. The number of halogens is 1. The van der Waals surface area contributed by atoms with Gasteiger partial charge in [0.15, 0.2) is 0 Å². The van der Waals surface area contributed by atoms with Crippen LogP contribution in [0.4, 0.5) is 0 Å². The third kappa shape index (κ3) is 2.79. The van der Waals surface area contributed by atoms with Gasteiger partial charge >= 0.3 is 5.97 Å². The van der Waals surface area contributed by atoms with E-state index in [1.807, 2.05) is 14.0 Å². The van der Waals surface area contributed by atoms with Crippen molar-refractivity contribution < 1.29 is 9.90 Å². The molecule has 0 aromatic carbocycles. The molecule has 0 fully saturated rings. The minimum absolute atomic E-state index is 0.622. The molecule has 16 heavy (non-hydrogen) atoms. The summed E-state index contributed by atoms with van der Waals surface area (Å²) >= 11 is 4.85. The Morgan fingerprint density at radius 1 is 1.62 bits per heavy atom. The molecule has 6 heteroatoms. The number of aromatic nitrogens is 2. The molecule has 1 N–H and O–H groups in total. The van der Waals surface area contributed by atoms with E-state index in [2.05, 4.69) is 21.0 Å². The molecule has 90 valence electrons. The van der Waals surface area contributed by atoms with E-state index >= 15 is 0 Å². The Bertz CT molecular complexity index is 415. The van der Waals surface area contributed by atoms with E-state index in [0.717, 1.165) is 15.9 Å². The van der Waals surface area contributed by atoms with Crippen LogP contribution in [0.2, 0.25) is 0 Å². The number of carbonyl (C=O) groups is 1. The second-order valence-electron chi connectivity index (χ2n) is 4.07. The summed E-state index contributed by atoms with van der Waals surface area (Å²) in [4.78, 5) is 11.0. The van der Waals surface area contributed by atoms with Crippen molar-refractivity contribution in [3.8, 4) is 0 Å². The highest BCUT2D eigenvalue weighted by atomic mass is 79.9. The van der Waals surface area contributed by atoms with Crippen LogP contribution in [0.5, 0.6) is 0 Å². The summed E-state index contributed by atoms with van der Waals surface area (Å²) in [7, 11) is 1.86. The van der Waals surface area contributed by atoms with Crippen molar-refractivity contribution in [2.45, 2.75) is 31.3 Å². The fourth-order valence-electron chi connectivity index (χ4n) is 1.15. The van der Waals surface area contributed by atoms with Crippen LogP contribution in [0.15, 0.2) is 4.47 Å². The van der Waals surface area contributed by atoms with Crippen LogP contribution in [0, 0.1) is 6.92 Å². The summed E-state index contributed by atoms with van der Waals surface area (Å²) < 4.78 is 1.96. The van der Waals surface area contributed by atoms with E-state index in [1.54, 1.807) is 18.5 Å². The molecule has 0 saturated heterocycles. The number of aryl methyl sites for hydroxylation is 2. The van der Waals surface area contributed by atoms with Gasteiger partial charge in [0.05, 0.1) is 15.9 Å². The smallest absolute Gasteiger partial charge is 0.319 e. The Morgan fingerprint density at radius 2 is 2.19 bits per heavy atom. The molecule has 0 aliphatic carbocycles. The number of aliphatic carboxylic acids is 1. The van der Waals surface area contributed by atoms with Crippen LogP contribution in [0.3, 0.4) is 0 Å². The van der Waals surface area contributed by atoms with Gasteiger partial charge in [0, 0.05) is 12.8 Å². The van der Waals surface area contributed by atoms with Crippen molar-refractivity contribution >= 4 is 33.7 Å². The molecule has 1 aromatic rings. The van der Waals surface area contributed by atoms with E-state index in [9.17, 15) is 4.79 Å². The maximum absolute atomic E-state index is 11.0. The first-order valence-electron chi connectivity index (χ1n) is 4.81. The molecule has 4 nitrogen and oxygen atoms in total. The second kappa shape index (κ2) is 4.79. The van der Waals surface area contributed by atoms with E-state index in [0.29, 0.717) is 5.75 Å². The van der Waals surface area contributed by atoms with E-state index in [1.165, 1.54) is 11.8 Å². The van der Waals surface area contributed by atoms with Gasteiger partial charge in [-0.05, 0) is 36.7 Å². The summed E-state index contributed by atoms with van der Waals surface area (Å²) in [6.07, 6.45) is 0. The molecule has 0 bridgehead atoms. The van der Waals surface area contributed by atoms with Crippen molar-refractivity contribution in [3.05, 3.63) is 15.9 Å². The highest BCUT2D eigenvalue weighted by Crippen LogP contribution is 2.31. The molecule has 1 rings (SSSR count). The summed E-state index contributed by atoms with van der Waals surface area (Å²) in [5.41, 5.74) is 1.93. The standard InChI is InChI=1S/C10H15BrN2O2S/c1-6-8(11)7(13(4)12-6)5-16-10(2,3)9(14)15/h5H2,1-4H3,(H,14,15). The SMILES string of the molecule is Cc1nn(C)c(CSC(C)(C)C(=O)O)c1Br. The van der Waals surface area contributed by atoms with Gasteiger partial charge < -0.3 is 5.11 Å². The van der Waals surface area contributed by atoms with Crippen LogP contribution in [0.1, 0.15) is 25.2 Å². The lowest BCUT2D eigenvalue weighted by atomic mass is 10.2. The lowest BCUT2D eigenvalue weighted by Crippen LogP contribution is -2.27. The second-order valence-corrected chi connectivity index (χ2v) is 6.46. The molecule has 0 atom stereocenters. The molecule has 0 radical (unpaired) electrons. The minimum atomic E-state index is -0.799. The number of rotatable bonds is 4. The quantitative estimate of drug-likeness (QED) is 0.929. The largest absolute Gasteiger partial charge is 0.480 e. The normalized spacial score (nSPS) is 11.8. The molecule has 1 aromatic heterocycles. The maximum atomic E-state index is 11.0. The number of carboxylic acid groups (broad SMARTS) is 1. The first-order valence-corrected chi connectivity index (χ1v) is 6.59. The van der Waals surface area contributed by atoms with Gasteiger partial charge in [-0.25, -0.2) is 0 Å². The Balaban J connectivity index is 2.79. The zero-order chi connectivity index (χ0) is 12.5. The van der Waals surface area contributed by atoms with Gasteiger partial charge in [-0.3, -0.25) is 9.48 Å². The average molecular weight is 307 g/mol. The molecular weight excluding hydrogens is 292 g/mol. The van der Waals surface area contributed by atoms with Crippen LogP contribution in [-0.2, 0) is 17.6 Å². The fraction of sp³-hybridized carbons (Fsp3) is 0.600. The van der Waals surface area contributed by atoms with Crippen molar-refractivity contribution in [2.24, 2.45) is 7.05 Å². The zero-order valence-electron chi connectivity index (χ0n) is 9.74. The summed E-state index contributed by atoms with van der Waals surface area (Å²) in [6, 6.07) is 0. The maximum Gasteiger partial charge on any atom is 0.319 e. The predicted molar refractivity (Wildman–Crippen MR) is 68.7 cm³/mol. The first-order chi connectivity index (χ1) is 7.25. The predicted octanol–water partition coefficient (Wildman–Crippen LogP) is 2.59. The molecule has 0 unspecified atom stereocenters. The molecule has 0 amide bonds. The number of carboxylic acids is 1. The van der Waals surface area contributed by atoms with Crippen LogP contribution in [-0.4, -0.2) is 25.6 Å². The number of thioether (sulfide) groups is 1. The van der Waals surface area contributed by atoms with Crippen LogP contribution in [0.25, 0.3) is 0 Å². The van der Waals surface area contributed by atoms with Gasteiger partial charge in [0.25, 0.3) is 0 Å². The summed E-state index contributed by atoms with van der Waals surface area (Å²) in [6.45, 7) is 5.33. The average Bonchev–Trinajstić information content (AvgIpc) is 2.39. The van der Waals surface area contributed by atoms with Gasteiger partial charge in [-0.1, -0.05) is 0 Å². The lowest BCUT2D eigenvalue weighted by Gasteiger charge is -2.18. The monoisotopic (exact) mass is 306 g/mol. The summed E-state index contributed by atoms with van der Waals surface area (Å²) in [5.74, 6) is -0.176. The molecule has 0 spiro atoms. The van der Waals surface area contributed by atoms with Gasteiger partial charge in [-0.15, -0.1) is 11.8 Å².